The summed E-state index contributed by atoms with van der Waals surface area (Å²) < 4.78 is 5.31. The van der Waals surface area contributed by atoms with E-state index in [1.807, 2.05) is 20.8 Å². The van der Waals surface area contributed by atoms with E-state index in [-0.39, 0.29) is 11.6 Å². The van der Waals surface area contributed by atoms with Gasteiger partial charge < -0.3 is 15.4 Å². The molecule has 0 bridgehead atoms. The van der Waals surface area contributed by atoms with Crippen LogP contribution < -0.4 is 10.6 Å². The Bertz CT molecular complexity index is 321. The van der Waals surface area contributed by atoms with E-state index < -0.39 is 5.60 Å². The predicted molar refractivity (Wildman–Crippen MR) is 87.5 cm³/mol. The van der Waals surface area contributed by atoms with Crippen LogP contribution >= 0.6 is 0 Å². The van der Waals surface area contributed by atoms with Crippen LogP contribution in [0.25, 0.3) is 0 Å². The third-order valence-corrected chi connectivity index (χ3v) is 4.04. The highest BCUT2D eigenvalue weighted by Crippen LogP contribution is 2.39. The molecule has 0 radical (unpaired) electrons. The van der Waals surface area contributed by atoms with E-state index in [2.05, 4.69) is 24.5 Å². The summed E-state index contributed by atoms with van der Waals surface area (Å²) in [6.07, 6.45) is 7.26. The third-order valence-electron chi connectivity index (χ3n) is 4.04. The number of hydrogen-bond donors (Lipinski definition) is 2. The van der Waals surface area contributed by atoms with Gasteiger partial charge in [0, 0.05) is 12.1 Å². The van der Waals surface area contributed by atoms with E-state index >= 15 is 0 Å². The van der Waals surface area contributed by atoms with Gasteiger partial charge in [0.25, 0.3) is 0 Å². The number of hydrogen-bond acceptors (Lipinski definition) is 3. The lowest BCUT2D eigenvalue weighted by molar-refractivity contribution is 0.0508. The second-order valence-electron chi connectivity index (χ2n) is 7.53. The molecule has 1 amide bonds. The van der Waals surface area contributed by atoms with Crippen LogP contribution in [-0.4, -0.2) is 30.3 Å². The number of ether oxygens (including phenoxy) is 1. The molecule has 0 aromatic carbocycles. The average molecular weight is 298 g/mol. The molecule has 2 N–H and O–H groups in total. The number of amides is 1. The Hall–Kier alpha value is -0.770. The van der Waals surface area contributed by atoms with Gasteiger partial charge in [-0.15, -0.1) is 0 Å². The van der Waals surface area contributed by atoms with Crippen LogP contribution in [0.4, 0.5) is 4.79 Å². The first-order chi connectivity index (χ1) is 9.77. The summed E-state index contributed by atoms with van der Waals surface area (Å²) in [7, 11) is 0. The summed E-state index contributed by atoms with van der Waals surface area (Å²) >= 11 is 0. The van der Waals surface area contributed by atoms with E-state index in [0.29, 0.717) is 12.5 Å². The van der Waals surface area contributed by atoms with E-state index in [4.69, 9.17) is 4.74 Å². The zero-order valence-electron chi connectivity index (χ0n) is 14.6. The fourth-order valence-corrected chi connectivity index (χ4v) is 2.57. The van der Waals surface area contributed by atoms with Gasteiger partial charge in [-0.05, 0) is 59.4 Å². The van der Waals surface area contributed by atoms with Gasteiger partial charge in [-0.25, -0.2) is 4.79 Å². The van der Waals surface area contributed by atoms with Gasteiger partial charge in [0.2, 0.25) is 0 Å². The fraction of sp³-hybridized carbons (Fsp3) is 0.941. The molecule has 21 heavy (non-hydrogen) atoms. The van der Waals surface area contributed by atoms with Crippen molar-refractivity contribution >= 4 is 6.09 Å². The van der Waals surface area contributed by atoms with Crippen molar-refractivity contribution in [3.8, 4) is 0 Å². The summed E-state index contributed by atoms with van der Waals surface area (Å²) in [6.45, 7) is 11.8. The monoisotopic (exact) mass is 298 g/mol. The number of carbonyl (C=O) groups excluding carboxylic acids is 1. The first-order valence-electron chi connectivity index (χ1n) is 8.49. The second kappa shape index (κ2) is 8.02. The summed E-state index contributed by atoms with van der Waals surface area (Å²) in [5.41, 5.74) is -0.434. The summed E-state index contributed by atoms with van der Waals surface area (Å²) in [5.74, 6) is 0.679. The standard InChI is InChI=1S/C17H34N2O2/c1-6-7-8-9-12-19-17(5,14-10-11-14)13-18-15(20)21-16(2,3)4/h14,19H,6-13H2,1-5H3,(H,18,20). The summed E-state index contributed by atoms with van der Waals surface area (Å²) in [4.78, 5) is 11.8. The Balaban J connectivity index is 2.33. The molecule has 1 saturated carbocycles. The molecule has 1 fully saturated rings. The van der Waals surface area contributed by atoms with Crippen LogP contribution in [0.5, 0.6) is 0 Å². The van der Waals surface area contributed by atoms with Gasteiger partial charge in [0.1, 0.15) is 5.60 Å². The van der Waals surface area contributed by atoms with Crippen molar-refractivity contribution in [3.63, 3.8) is 0 Å². The van der Waals surface area contributed by atoms with Crippen LogP contribution in [-0.2, 0) is 4.74 Å². The zero-order valence-corrected chi connectivity index (χ0v) is 14.6. The molecule has 1 aliphatic carbocycles. The number of nitrogens with one attached hydrogen (secondary N) is 2. The molecule has 4 heteroatoms. The lowest BCUT2D eigenvalue weighted by Gasteiger charge is -2.32. The molecule has 1 aliphatic rings. The topological polar surface area (TPSA) is 50.4 Å². The Morgan fingerprint density at radius 1 is 1.14 bits per heavy atom. The first-order valence-corrected chi connectivity index (χ1v) is 8.49. The molecule has 1 unspecified atom stereocenters. The Labute approximate surface area is 130 Å². The van der Waals surface area contributed by atoms with Crippen LogP contribution in [0.15, 0.2) is 0 Å². The lowest BCUT2D eigenvalue weighted by Crippen LogP contribution is -2.53. The van der Waals surface area contributed by atoms with E-state index in [1.54, 1.807) is 0 Å². The van der Waals surface area contributed by atoms with E-state index in [9.17, 15) is 4.79 Å². The molecule has 0 heterocycles. The summed E-state index contributed by atoms with van der Waals surface area (Å²) in [5, 5.41) is 6.59. The molecule has 4 nitrogen and oxygen atoms in total. The van der Waals surface area contributed by atoms with Crippen molar-refractivity contribution in [2.24, 2.45) is 5.92 Å². The minimum Gasteiger partial charge on any atom is -0.444 e. The zero-order chi connectivity index (χ0) is 15.9. The van der Waals surface area contributed by atoms with Crippen molar-refractivity contribution in [1.82, 2.24) is 10.6 Å². The first kappa shape index (κ1) is 18.3. The Morgan fingerprint density at radius 3 is 2.33 bits per heavy atom. The lowest BCUT2D eigenvalue weighted by atomic mass is 9.95. The van der Waals surface area contributed by atoms with Crippen molar-refractivity contribution < 1.29 is 9.53 Å². The van der Waals surface area contributed by atoms with E-state index in [0.717, 1.165) is 6.54 Å². The van der Waals surface area contributed by atoms with Gasteiger partial charge in [-0.1, -0.05) is 26.2 Å². The highest BCUT2D eigenvalue weighted by molar-refractivity contribution is 5.67. The van der Waals surface area contributed by atoms with Gasteiger partial charge >= 0.3 is 6.09 Å². The predicted octanol–water partition coefficient (Wildman–Crippen LogP) is 3.85. The minimum absolute atomic E-state index is 0.00309. The molecule has 124 valence electrons. The molecule has 0 spiro atoms. The van der Waals surface area contributed by atoms with Gasteiger partial charge in [-0.3, -0.25) is 0 Å². The molecule has 0 aromatic heterocycles. The normalized spacial score (nSPS) is 18.1. The average Bonchev–Trinajstić information content (AvgIpc) is 3.19. The maximum Gasteiger partial charge on any atom is 0.407 e. The largest absolute Gasteiger partial charge is 0.444 e. The summed E-state index contributed by atoms with van der Waals surface area (Å²) in [6, 6.07) is 0. The SMILES string of the molecule is CCCCCCNC(C)(CNC(=O)OC(C)(C)C)C1CC1. The van der Waals surface area contributed by atoms with Gasteiger partial charge in [0.05, 0.1) is 0 Å². The molecule has 0 saturated heterocycles. The number of alkyl carbamates (subject to hydrolysis) is 1. The van der Waals surface area contributed by atoms with Crippen molar-refractivity contribution in [1.29, 1.82) is 0 Å². The maximum absolute atomic E-state index is 11.8. The quantitative estimate of drug-likeness (QED) is 0.636. The molecule has 0 aromatic rings. The molecular formula is C17H34N2O2. The Morgan fingerprint density at radius 2 is 1.81 bits per heavy atom. The van der Waals surface area contributed by atoms with Crippen LogP contribution in [0.3, 0.4) is 0 Å². The molecule has 0 aliphatic heterocycles. The van der Waals surface area contributed by atoms with Gasteiger partial charge in [0.15, 0.2) is 0 Å². The van der Waals surface area contributed by atoms with Crippen molar-refractivity contribution in [2.75, 3.05) is 13.1 Å². The van der Waals surface area contributed by atoms with E-state index in [1.165, 1.54) is 38.5 Å². The van der Waals surface area contributed by atoms with Crippen LogP contribution in [0, 0.1) is 5.92 Å². The fourth-order valence-electron chi connectivity index (χ4n) is 2.57. The second-order valence-corrected chi connectivity index (χ2v) is 7.53. The highest BCUT2D eigenvalue weighted by Gasteiger charge is 2.41. The molecule has 1 rings (SSSR count). The van der Waals surface area contributed by atoms with Gasteiger partial charge in [-0.2, -0.15) is 0 Å². The number of unbranched alkanes of at least 4 members (excludes halogenated alkanes) is 3. The number of rotatable bonds is 9. The molecule has 1 atom stereocenters. The van der Waals surface area contributed by atoms with Crippen molar-refractivity contribution in [3.05, 3.63) is 0 Å². The Kier molecular flexibility index (Phi) is 6.98. The highest BCUT2D eigenvalue weighted by atomic mass is 16.6. The molecular weight excluding hydrogens is 264 g/mol. The third kappa shape index (κ3) is 7.70. The van der Waals surface area contributed by atoms with Crippen LogP contribution in [0.2, 0.25) is 0 Å². The smallest absolute Gasteiger partial charge is 0.407 e. The minimum atomic E-state index is -0.437. The number of carbonyl (C=O) groups is 1. The van der Waals surface area contributed by atoms with Crippen molar-refractivity contribution in [2.45, 2.75) is 84.3 Å². The van der Waals surface area contributed by atoms with Crippen LogP contribution in [0.1, 0.15) is 73.1 Å². The maximum atomic E-state index is 11.8.